The topological polar surface area (TPSA) is 0 Å². The molecule has 31 heavy (non-hydrogen) atoms. The fourth-order valence-electron chi connectivity index (χ4n) is 4.76. The first-order chi connectivity index (χ1) is 13.9. The average molecular weight is 457 g/mol. The van der Waals surface area contributed by atoms with Gasteiger partial charge in [0.15, 0.2) is 5.67 Å². The van der Waals surface area contributed by atoms with E-state index < -0.39 is 35.3 Å². The van der Waals surface area contributed by atoms with Crippen LogP contribution in [0.25, 0.3) is 0 Å². The zero-order valence-corrected chi connectivity index (χ0v) is 21.7. The maximum atomic E-state index is 13.5. The van der Waals surface area contributed by atoms with E-state index in [-0.39, 0.29) is 12.3 Å². The fourth-order valence-corrected chi connectivity index (χ4v) is 4.76. The summed E-state index contributed by atoms with van der Waals surface area (Å²) in [5.74, 6) is -6.58. The van der Waals surface area contributed by atoms with E-state index in [1.165, 1.54) is 19.3 Å². The van der Waals surface area contributed by atoms with E-state index in [0.29, 0.717) is 30.6 Å². The number of hydrogen-bond acceptors (Lipinski definition) is 0. The van der Waals surface area contributed by atoms with Crippen LogP contribution >= 0.6 is 0 Å². The summed E-state index contributed by atoms with van der Waals surface area (Å²) in [5, 5.41) is 0. The minimum Gasteiger partial charge on any atom is -0.237 e. The van der Waals surface area contributed by atoms with Gasteiger partial charge in [-0.1, -0.05) is 81.6 Å². The van der Waals surface area contributed by atoms with Crippen LogP contribution < -0.4 is 0 Å². The van der Waals surface area contributed by atoms with Crippen molar-refractivity contribution in [1.29, 1.82) is 0 Å². The van der Waals surface area contributed by atoms with Crippen LogP contribution in [-0.4, -0.2) is 17.5 Å². The van der Waals surface area contributed by atoms with Gasteiger partial charge in [-0.25, -0.2) is 22.0 Å². The molecule has 0 spiro atoms. The lowest BCUT2D eigenvalue weighted by Crippen LogP contribution is -2.51. The molecular formula is C26H49F5. The van der Waals surface area contributed by atoms with Crippen molar-refractivity contribution < 1.29 is 22.0 Å². The van der Waals surface area contributed by atoms with Crippen molar-refractivity contribution >= 4 is 0 Å². The Morgan fingerprint density at radius 2 is 1.03 bits per heavy atom. The second-order valence-electron chi connectivity index (χ2n) is 11.2. The summed E-state index contributed by atoms with van der Waals surface area (Å²) in [5.41, 5.74) is -1.69. The van der Waals surface area contributed by atoms with Crippen molar-refractivity contribution in [3.8, 4) is 0 Å². The molecule has 5 heteroatoms. The molecule has 0 radical (unpaired) electrons. The zero-order valence-electron chi connectivity index (χ0n) is 21.7. The molecule has 5 atom stereocenters. The second-order valence-corrected chi connectivity index (χ2v) is 11.2. The summed E-state index contributed by atoms with van der Waals surface area (Å²) < 4.78 is 66.0. The minimum absolute atomic E-state index is 0.0705. The molecule has 0 aliphatic heterocycles. The fraction of sp³-hybridized carbons (Fsp3) is 1.00. The summed E-state index contributed by atoms with van der Waals surface area (Å²) in [7, 11) is 0. The predicted octanol–water partition coefficient (Wildman–Crippen LogP) is 9.96. The van der Waals surface area contributed by atoms with E-state index >= 15 is 0 Å². The van der Waals surface area contributed by atoms with E-state index in [4.69, 9.17) is 0 Å². The molecule has 0 N–H and O–H groups in total. The first kappa shape index (κ1) is 30.6. The molecule has 2 saturated carbocycles. The third-order valence-corrected chi connectivity index (χ3v) is 8.39. The molecule has 0 heterocycles. The van der Waals surface area contributed by atoms with Crippen molar-refractivity contribution in [2.24, 2.45) is 35.0 Å². The summed E-state index contributed by atoms with van der Waals surface area (Å²) in [6, 6.07) is 0. The van der Waals surface area contributed by atoms with Crippen molar-refractivity contribution in [2.75, 3.05) is 0 Å². The Bertz CT molecular complexity index is 488. The molecule has 0 nitrogen and oxygen atoms in total. The van der Waals surface area contributed by atoms with Crippen LogP contribution in [0.3, 0.4) is 0 Å². The Morgan fingerprint density at radius 3 is 1.32 bits per heavy atom. The Balaban J connectivity index is 0.000000446. The quantitative estimate of drug-likeness (QED) is 0.371. The average Bonchev–Trinajstić information content (AvgIpc) is 2.65. The number of alkyl halides is 5. The van der Waals surface area contributed by atoms with Crippen LogP contribution in [0.1, 0.15) is 114 Å². The lowest BCUT2D eigenvalue weighted by molar-refractivity contribution is -0.187. The minimum atomic E-state index is -3.15. The van der Waals surface area contributed by atoms with Gasteiger partial charge < -0.3 is 0 Å². The van der Waals surface area contributed by atoms with Gasteiger partial charge in [0.2, 0.25) is 0 Å². The van der Waals surface area contributed by atoms with Crippen LogP contribution in [0.15, 0.2) is 0 Å². The van der Waals surface area contributed by atoms with E-state index in [1.54, 1.807) is 27.7 Å². The molecule has 2 aliphatic carbocycles. The highest BCUT2D eigenvalue weighted by atomic mass is 19.3. The van der Waals surface area contributed by atoms with Crippen LogP contribution in [-0.2, 0) is 0 Å². The first-order valence-electron chi connectivity index (χ1n) is 12.3. The third-order valence-electron chi connectivity index (χ3n) is 8.39. The van der Waals surface area contributed by atoms with Gasteiger partial charge in [0.25, 0.3) is 11.8 Å². The molecule has 0 amide bonds. The molecule has 0 aromatic rings. The van der Waals surface area contributed by atoms with Crippen LogP contribution in [0.4, 0.5) is 22.0 Å². The van der Waals surface area contributed by atoms with Gasteiger partial charge in [-0.05, 0) is 49.4 Å². The molecular weight excluding hydrogens is 407 g/mol. The Kier molecular flexibility index (Phi) is 11.5. The largest absolute Gasteiger partial charge is 0.281 e. The van der Waals surface area contributed by atoms with Crippen LogP contribution in [0, 0.1) is 35.0 Å². The molecule has 2 aliphatic rings. The van der Waals surface area contributed by atoms with Gasteiger partial charge in [0.05, 0.1) is 0 Å². The predicted molar refractivity (Wildman–Crippen MR) is 123 cm³/mol. The molecule has 0 saturated heterocycles. The maximum Gasteiger partial charge on any atom is 0.281 e. The van der Waals surface area contributed by atoms with Crippen molar-refractivity contribution in [3.05, 3.63) is 0 Å². The number of rotatable bonds is 3. The lowest BCUT2D eigenvalue weighted by Gasteiger charge is -2.42. The highest BCUT2D eigenvalue weighted by Crippen LogP contribution is 2.49. The number of halogens is 5. The Morgan fingerprint density at radius 1 is 0.677 bits per heavy atom. The Labute approximate surface area is 189 Å². The highest BCUT2D eigenvalue weighted by molar-refractivity contribution is 4.99. The summed E-state index contributed by atoms with van der Waals surface area (Å²) in [6.07, 6.45) is 5.56. The van der Waals surface area contributed by atoms with Gasteiger partial charge in [0, 0.05) is 18.3 Å². The lowest BCUT2D eigenvalue weighted by atomic mass is 9.72. The molecule has 2 fully saturated rings. The number of hydrogen-bond donors (Lipinski definition) is 0. The maximum absolute atomic E-state index is 13.5. The highest BCUT2D eigenvalue weighted by Gasteiger charge is 2.57. The Hall–Kier alpha value is -0.350. The van der Waals surface area contributed by atoms with Crippen LogP contribution in [0.5, 0.6) is 0 Å². The smallest absolute Gasteiger partial charge is 0.237 e. The molecule has 5 unspecified atom stereocenters. The van der Waals surface area contributed by atoms with E-state index in [9.17, 15) is 22.0 Å². The molecule has 0 bridgehead atoms. The van der Waals surface area contributed by atoms with Gasteiger partial charge in [0.1, 0.15) is 0 Å². The van der Waals surface area contributed by atoms with Crippen LogP contribution in [0.2, 0.25) is 0 Å². The van der Waals surface area contributed by atoms with E-state index in [0.717, 1.165) is 6.92 Å². The SMILES string of the molecule is CC1CC(C)C(C)(F)C(F)(F)C1.CC1CC(C)C(F)(F)C(C)C1.CCC(C)(CC)CC. The van der Waals surface area contributed by atoms with Gasteiger partial charge >= 0.3 is 0 Å². The van der Waals surface area contributed by atoms with Gasteiger partial charge in [-0.2, -0.15) is 0 Å². The normalized spacial score (nSPS) is 37.1. The van der Waals surface area contributed by atoms with Gasteiger partial charge in [-0.15, -0.1) is 0 Å². The summed E-state index contributed by atoms with van der Waals surface area (Å²) in [6.45, 7) is 18.9. The zero-order chi connectivity index (χ0) is 24.8. The molecule has 188 valence electrons. The van der Waals surface area contributed by atoms with E-state index in [1.807, 2.05) is 0 Å². The summed E-state index contributed by atoms with van der Waals surface area (Å²) >= 11 is 0. The van der Waals surface area contributed by atoms with Gasteiger partial charge in [-0.3, -0.25) is 0 Å². The van der Waals surface area contributed by atoms with E-state index in [2.05, 4.69) is 34.6 Å². The van der Waals surface area contributed by atoms with Crippen molar-refractivity contribution in [3.63, 3.8) is 0 Å². The third kappa shape index (κ3) is 8.18. The molecule has 0 aromatic carbocycles. The monoisotopic (exact) mass is 456 g/mol. The molecule has 2 rings (SSSR count). The van der Waals surface area contributed by atoms with Crippen molar-refractivity contribution in [1.82, 2.24) is 0 Å². The molecule has 0 aromatic heterocycles. The second kappa shape index (κ2) is 11.7. The standard InChI is InChI=1S/C9H15F3.C9H16F2.C8H18/c1-6-4-7(2)8(3,10)9(11,12)5-6;1-6-4-7(2)9(10,11)8(3)5-6;1-5-8(4,6-2)7-3/h6-7H,4-5H2,1-3H3;6-8H,4-5H2,1-3H3;5-7H2,1-4H3. The first-order valence-corrected chi connectivity index (χ1v) is 12.3. The summed E-state index contributed by atoms with van der Waals surface area (Å²) in [4.78, 5) is 0. The van der Waals surface area contributed by atoms with Crippen molar-refractivity contribution in [2.45, 2.75) is 132 Å².